The molecular weight excluding hydrogens is 368 g/mol. The van der Waals surface area contributed by atoms with Gasteiger partial charge in [-0.25, -0.2) is 4.98 Å². The topological polar surface area (TPSA) is 79.7 Å². The molecule has 29 heavy (non-hydrogen) atoms. The lowest BCUT2D eigenvalue weighted by Gasteiger charge is -2.24. The molecule has 6 nitrogen and oxygen atoms in total. The summed E-state index contributed by atoms with van der Waals surface area (Å²) in [6, 6.07) is 5.23. The van der Waals surface area contributed by atoms with Crippen LogP contribution in [0.3, 0.4) is 0 Å². The molecule has 1 unspecified atom stereocenters. The summed E-state index contributed by atoms with van der Waals surface area (Å²) in [7, 11) is 1.98. The number of rotatable bonds is 4. The minimum absolute atomic E-state index is 0.0130. The van der Waals surface area contributed by atoms with Crippen molar-refractivity contribution < 1.29 is 19.4 Å². The SMILES string of the molecule is CCc1c2c(nc3ccc(O)cc13)/C(=C/C1=C(C=O)COC(=O)C1CC)N(C)C2. The molecule has 2 aliphatic heterocycles. The number of aldehydes is 1. The lowest BCUT2D eigenvalue weighted by molar-refractivity contribution is -0.147. The number of phenolic OH excluding ortho intramolecular Hbond substituents is 1. The van der Waals surface area contributed by atoms with E-state index in [1.807, 2.05) is 26.1 Å². The van der Waals surface area contributed by atoms with E-state index < -0.39 is 5.92 Å². The van der Waals surface area contributed by atoms with Gasteiger partial charge in [-0.15, -0.1) is 0 Å². The highest BCUT2D eigenvalue weighted by Crippen LogP contribution is 2.39. The third-order valence-corrected chi connectivity index (χ3v) is 5.83. The van der Waals surface area contributed by atoms with Crippen molar-refractivity contribution in [2.75, 3.05) is 13.7 Å². The second-order valence-electron chi connectivity index (χ2n) is 7.53. The van der Waals surface area contributed by atoms with Crippen LogP contribution in [0.5, 0.6) is 5.75 Å². The van der Waals surface area contributed by atoms with Gasteiger partial charge in [-0.05, 0) is 48.3 Å². The van der Waals surface area contributed by atoms with Crippen LogP contribution < -0.4 is 0 Å². The number of carbonyl (C=O) groups is 2. The van der Waals surface area contributed by atoms with E-state index in [4.69, 9.17) is 9.72 Å². The maximum absolute atomic E-state index is 12.3. The molecule has 0 aliphatic carbocycles. The van der Waals surface area contributed by atoms with Crippen molar-refractivity contribution >= 4 is 28.9 Å². The van der Waals surface area contributed by atoms with Gasteiger partial charge in [-0.2, -0.15) is 0 Å². The minimum atomic E-state index is -0.447. The van der Waals surface area contributed by atoms with Crippen molar-refractivity contribution in [3.05, 3.63) is 52.2 Å². The third-order valence-electron chi connectivity index (χ3n) is 5.83. The molecule has 1 aromatic heterocycles. The molecule has 2 aliphatic rings. The standard InChI is InChI=1S/C23H24N2O4/c1-4-15-18-8-14(27)6-7-20(18)24-22-19(15)10-25(3)21(22)9-17-13(11-26)12-29-23(28)16(17)5-2/h6-9,11,16,27H,4-5,10,12H2,1-3H3/b21-9-. The highest BCUT2D eigenvalue weighted by Gasteiger charge is 2.32. The fourth-order valence-corrected chi connectivity index (χ4v) is 4.34. The van der Waals surface area contributed by atoms with Gasteiger partial charge >= 0.3 is 5.97 Å². The number of allylic oxidation sites excluding steroid dienone is 1. The maximum atomic E-state index is 12.3. The van der Waals surface area contributed by atoms with Gasteiger partial charge in [0.25, 0.3) is 0 Å². The first-order valence-corrected chi connectivity index (χ1v) is 9.91. The van der Waals surface area contributed by atoms with Crippen LogP contribution in [0.4, 0.5) is 0 Å². The summed E-state index contributed by atoms with van der Waals surface area (Å²) < 4.78 is 5.17. The Hall–Kier alpha value is -3.15. The predicted molar refractivity (Wildman–Crippen MR) is 110 cm³/mol. The van der Waals surface area contributed by atoms with Crippen LogP contribution in [0.15, 0.2) is 35.4 Å². The number of benzene rings is 1. The van der Waals surface area contributed by atoms with E-state index in [9.17, 15) is 14.7 Å². The van der Waals surface area contributed by atoms with Gasteiger partial charge < -0.3 is 14.7 Å². The monoisotopic (exact) mass is 392 g/mol. The van der Waals surface area contributed by atoms with Crippen molar-refractivity contribution in [3.63, 3.8) is 0 Å². The largest absolute Gasteiger partial charge is 0.508 e. The Morgan fingerprint density at radius 1 is 1.34 bits per heavy atom. The molecule has 0 spiro atoms. The van der Waals surface area contributed by atoms with Crippen LogP contribution in [0.1, 0.15) is 37.1 Å². The number of hydrogen-bond donors (Lipinski definition) is 1. The summed E-state index contributed by atoms with van der Waals surface area (Å²) in [6.07, 6.45) is 4.10. The number of hydrogen-bond acceptors (Lipinski definition) is 6. The molecule has 0 bridgehead atoms. The Kier molecular flexibility index (Phi) is 4.86. The predicted octanol–water partition coefficient (Wildman–Crippen LogP) is 3.37. The Morgan fingerprint density at radius 2 is 2.14 bits per heavy atom. The van der Waals surface area contributed by atoms with Crippen LogP contribution in [-0.2, 0) is 27.3 Å². The summed E-state index contributed by atoms with van der Waals surface area (Å²) in [5.74, 6) is -0.512. The number of aryl methyl sites for hydroxylation is 1. The molecule has 1 atom stereocenters. The third kappa shape index (κ3) is 3.09. The lowest BCUT2D eigenvalue weighted by atomic mass is 9.89. The number of esters is 1. The van der Waals surface area contributed by atoms with Gasteiger partial charge in [0.15, 0.2) is 0 Å². The van der Waals surface area contributed by atoms with Crippen LogP contribution >= 0.6 is 0 Å². The number of cyclic esters (lactones) is 1. The minimum Gasteiger partial charge on any atom is -0.508 e. The van der Waals surface area contributed by atoms with Gasteiger partial charge in [0.2, 0.25) is 0 Å². The zero-order chi connectivity index (χ0) is 20.7. The maximum Gasteiger partial charge on any atom is 0.313 e. The first-order valence-electron chi connectivity index (χ1n) is 9.91. The number of carbonyl (C=O) groups excluding carboxylic acids is 2. The number of phenols is 1. The molecule has 2 aromatic rings. The van der Waals surface area contributed by atoms with Crippen LogP contribution in [0, 0.1) is 5.92 Å². The van der Waals surface area contributed by atoms with Crippen LogP contribution in [0.25, 0.3) is 16.6 Å². The van der Waals surface area contributed by atoms with Gasteiger partial charge in [-0.3, -0.25) is 9.59 Å². The molecule has 0 saturated heterocycles. The van der Waals surface area contributed by atoms with E-state index >= 15 is 0 Å². The molecular formula is C23H24N2O4. The second kappa shape index (κ2) is 7.35. The van der Waals surface area contributed by atoms with Gasteiger partial charge in [0.1, 0.15) is 18.6 Å². The molecule has 0 amide bonds. The molecule has 0 fully saturated rings. The molecule has 150 valence electrons. The first kappa shape index (κ1) is 19.2. The molecule has 0 saturated carbocycles. The number of fused-ring (bicyclic) bond motifs is 2. The fourth-order valence-electron chi connectivity index (χ4n) is 4.34. The number of pyridine rings is 1. The summed E-state index contributed by atoms with van der Waals surface area (Å²) in [6.45, 7) is 4.71. The lowest BCUT2D eigenvalue weighted by Crippen LogP contribution is -2.27. The van der Waals surface area contributed by atoms with Gasteiger partial charge in [0, 0.05) is 30.1 Å². The molecule has 3 heterocycles. The highest BCUT2D eigenvalue weighted by atomic mass is 16.5. The van der Waals surface area contributed by atoms with E-state index in [0.29, 0.717) is 18.5 Å². The van der Waals surface area contributed by atoms with E-state index in [1.54, 1.807) is 12.1 Å². The molecule has 6 heteroatoms. The Morgan fingerprint density at radius 3 is 2.83 bits per heavy atom. The van der Waals surface area contributed by atoms with Crippen LogP contribution in [0.2, 0.25) is 0 Å². The quantitative estimate of drug-likeness (QED) is 0.635. The van der Waals surface area contributed by atoms with Gasteiger partial charge in [0.05, 0.1) is 22.8 Å². The molecule has 0 radical (unpaired) electrons. The fraction of sp³-hybridized carbons (Fsp3) is 0.348. The number of aromatic nitrogens is 1. The smallest absolute Gasteiger partial charge is 0.313 e. The average molecular weight is 392 g/mol. The second-order valence-corrected chi connectivity index (χ2v) is 7.53. The van der Waals surface area contributed by atoms with Crippen molar-refractivity contribution in [2.24, 2.45) is 5.92 Å². The Balaban J connectivity index is 1.94. The van der Waals surface area contributed by atoms with E-state index in [1.165, 1.54) is 0 Å². The number of nitrogens with zero attached hydrogens (tertiary/aromatic N) is 2. The molecule has 1 N–H and O–H groups in total. The number of ether oxygens (including phenoxy) is 1. The van der Waals surface area contributed by atoms with E-state index in [0.717, 1.165) is 51.7 Å². The van der Waals surface area contributed by atoms with Crippen molar-refractivity contribution in [2.45, 2.75) is 33.2 Å². The van der Waals surface area contributed by atoms with Crippen LogP contribution in [-0.4, -0.2) is 40.9 Å². The molecule has 4 rings (SSSR count). The van der Waals surface area contributed by atoms with Crippen molar-refractivity contribution in [1.82, 2.24) is 9.88 Å². The average Bonchev–Trinajstić information content (AvgIpc) is 3.01. The number of aromatic hydroxyl groups is 1. The summed E-state index contributed by atoms with van der Waals surface area (Å²) in [5.41, 5.74) is 6.10. The zero-order valence-corrected chi connectivity index (χ0v) is 16.9. The van der Waals surface area contributed by atoms with Crippen molar-refractivity contribution in [1.29, 1.82) is 0 Å². The Labute approximate surface area is 169 Å². The summed E-state index contributed by atoms with van der Waals surface area (Å²) in [5, 5.41) is 10.9. The van der Waals surface area contributed by atoms with Crippen molar-refractivity contribution in [3.8, 4) is 5.75 Å². The summed E-state index contributed by atoms with van der Waals surface area (Å²) in [4.78, 5) is 30.8. The molecule has 1 aromatic carbocycles. The normalized spacial score (nSPS) is 20.4. The summed E-state index contributed by atoms with van der Waals surface area (Å²) >= 11 is 0. The van der Waals surface area contributed by atoms with Gasteiger partial charge in [-0.1, -0.05) is 13.8 Å². The Bertz CT molecular complexity index is 1080. The zero-order valence-electron chi connectivity index (χ0n) is 16.9. The highest BCUT2D eigenvalue weighted by molar-refractivity contribution is 5.91. The first-order chi connectivity index (χ1) is 14.0. The van der Waals surface area contributed by atoms with E-state index in [2.05, 4.69) is 11.8 Å². The van der Waals surface area contributed by atoms with E-state index in [-0.39, 0.29) is 18.3 Å².